The number of likely N-dealkylation sites (N-methyl/N-ethyl adjacent to an activating group) is 1. The zero-order valence-corrected chi connectivity index (χ0v) is 10.3. The van der Waals surface area contributed by atoms with Crippen LogP contribution in [0.2, 0.25) is 0 Å². The fourth-order valence-electron chi connectivity index (χ4n) is 1.48. The van der Waals surface area contributed by atoms with Gasteiger partial charge in [0.25, 0.3) is 0 Å². The molecule has 4 nitrogen and oxygen atoms in total. The molecule has 0 amide bonds. The van der Waals surface area contributed by atoms with Gasteiger partial charge in [-0.2, -0.15) is 0 Å². The van der Waals surface area contributed by atoms with E-state index < -0.39 is 0 Å². The van der Waals surface area contributed by atoms with E-state index in [9.17, 15) is 0 Å². The summed E-state index contributed by atoms with van der Waals surface area (Å²) in [6.45, 7) is 6.08. The lowest BCUT2D eigenvalue weighted by atomic mass is 10.2. The van der Waals surface area contributed by atoms with E-state index in [0.29, 0.717) is 6.04 Å². The highest BCUT2D eigenvalue weighted by molar-refractivity contribution is 4.70. The third-order valence-electron chi connectivity index (χ3n) is 2.37. The molecule has 0 fully saturated rings. The zero-order valence-electron chi connectivity index (χ0n) is 10.3. The van der Waals surface area contributed by atoms with E-state index in [1.54, 1.807) is 7.11 Å². The van der Waals surface area contributed by atoms with Gasteiger partial charge in [0.05, 0.1) is 6.61 Å². The molecular formula is C11H26N2O2. The van der Waals surface area contributed by atoms with Gasteiger partial charge in [-0.05, 0) is 26.4 Å². The molecule has 0 spiro atoms. The Morgan fingerprint density at radius 1 is 1.47 bits per heavy atom. The fraction of sp³-hybridized carbons (Fsp3) is 1.00. The van der Waals surface area contributed by atoms with Crippen LogP contribution in [0, 0.1) is 0 Å². The van der Waals surface area contributed by atoms with Gasteiger partial charge in [-0.15, -0.1) is 0 Å². The molecule has 2 N–H and O–H groups in total. The van der Waals surface area contributed by atoms with Crippen LogP contribution in [0.3, 0.4) is 0 Å². The molecule has 0 heterocycles. The first-order valence-corrected chi connectivity index (χ1v) is 5.76. The van der Waals surface area contributed by atoms with Gasteiger partial charge in [0.15, 0.2) is 0 Å². The first-order valence-electron chi connectivity index (χ1n) is 5.76. The van der Waals surface area contributed by atoms with Crippen molar-refractivity contribution in [1.82, 2.24) is 10.2 Å². The van der Waals surface area contributed by atoms with Gasteiger partial charge in [-0.25, -0.2) is 0 Å². The number of aliphatic hydroxyl groups is 1. The first-order chi connectivity index (χ1) is 7.24. The van der Waals surface area contributed by atoms with Crippen molar-refractivity contribution in [2.75, 3.05) is 47.0 Å². The number of hydrogen-bond acceptors (Lipinski definition) is 4. The van der Waals surface area contributed by atoms with Crippen LogP contribution >= 0.6 is 0 Å². The first kappa shape index (κ1) is 14.8. The Morgan fingerprint density at radius 3 is 2.73 bits per heavy atom. The third kappa shape index (κ3) is 8.81. The third-order valence-corrected chi connectivity index (χ3v) is 2.37. The second kappa shape index (κ2) is 10.4. The molecule has 0 saturated heterocycles. The van der Waals surface area contributed by atoms with Gasteiger partial charge >= 0.3 is 0 Å². The summed E-state index contributed by atoms with van der Waals surface area (Å²) in [4.78, 5) is 2.23. The molecule has 0 aromatic heterocycles. The molecule has 4 heteroatoms. The van der Waals surface area contributed by atoms with Crippen molar-refractivity contribution in [2.24, 2.45) is 0 Å². The summed E-state index contributed by atoms with van der Waals surface area (Å²) in [6.07, 6.45) is 1.95. The van der Waals surface area contributed by atoms with Crippen molar-refractivity contribution in [2.45, 2.75) is 25.8 Å². The Kier molecular flexibility index (Phi) is 10.3. The smallest absolute Gasteiger partial charge is 0.0589 e. The minimum absolute atomic E-state index is 0.250. The second-order valence-corrected chi connectivity index (χ2v) is 3.92. The predicted octanol–water partition coefficient (Wildman–Crippen LogP) is 0.315. The Labute approximate surface area is 93.6 Å². The average molecular weight is 218 g/mol. The molecule has 0 aliphatic carbocycles. The highest BCUT2D eigenvalue weighted by Gasteiger charge is 2.09. The lowest BCUT2D eigenvalue weighted by Crippen LogP contribution is -2.41. The van der Waals surface area contributed by atoms with E-state index in [-0.39, 0.29) is 6.61 Å². The van der Waals surface area contributed by atoms with Crippen molar-refractivity contribution in [3.63, 3.8) is 0 Å². The number of hydrogen-bond donors (Lipinski definition) is 2. The SMILES string of the molecule is CCCNC(CCO)CN(C)CCOC. The van der Waals surface area contributed by atoms with Crippen molar-refractivity contribution in [1.29, 1.82) is 0 Å². The number of rotatable bonds is 10. The number of aliphatic hydroxyl groups excluding tert-OH is 1. The van der Waals surface area contributed by atoms with Crippen LogP contribution < -0.4 is 5.32 Å². The molecule has 0 rings (SSSR count). The zero-order chi connectivity index (χ0) is 11.5. The van der Waals surface area contributed by atoms with E-state index in [1.807, 2.05) is 0 Å². The van der Waals surface area contributed by atoms with E-state index in [4.69, 9.17) is 9.84 Å². The molecule has 0 saturated carbocycles. The summed E-state index contributed by atoms with van der Waals surface area (Å²) in [5.41, 5.74) is 0. The highest BCUT2D eigenvalue weighted by atomic mass is 16.5. The Morgan fingerprint density at radius 2 is 2.20 bits per heavy atom. The summed E-state index contributed by atoms with van der Waals surface area (Å²) < 4.78 is 5.02. The highest BCUT2D eigenvalue weighted by Crippen LogP contribution is 1.95. The van der Waals surface area contributed by atoms with E-state index >= 15 is 0 Å². The maximum Gasteiger partial charge on any atom is 0.0589 e. The van der Waals surface area contributed by atoms with Gasteiger partial charge < -0.3 is 20.1 Å². The monoisotopic (exact) mass is 218 g/mol. The predicted molar refractivity (Wildman–Crippen MR) is 63.2 cm³/mol. The van der Waals surface area contributed by atoms with Gasteiger partial charge in [-0.1, -0.05) is 6.92 Å². The van der Waals surface area contributed by atoms with E-state index in [0.717, 1.165) is 39.1 Å². The van der Waals surface area contributed by atoms with Crippen LogP contribution in [0.15, 0.2) is 0 Å². The van der Waals surface area contributed by atoms with Crippen LogP contribution in [-0.2, 0) is 4.74 Å². The summed E-state index contributed by atoms with van der Waals surface area (Å²) >= 11 is 0. The molecule has 15 heavy (non-hydrogen) atoms. The summed E-state index contributed by atoms with van der Waals surface area (Å²) in [5, 5.41) is 12.4. The standard InChI is InChI=1S/C11H26N2O2/c1-4-6-12-11(5-8-14)10-13(2)7-9-15-3/h11-12,14H,4-10H2,1-3H3. The normalized spacial score (nSPS) is 13.4. The van der Waals surface area contributed by atoms with Crippen LogP contribution in [0.4, 0.5) is 0 Å². The molecule has 0 aromatic rings. The van der Waals surface area contributed by atoms with E-state index in [1.165, 1.54) is 0 Å². The molecule has 1 unspecified atom stereocenters. The van der Waals surface area contributed by atoms with Crippen LogP contribution in [0.1, 0.15) is 19.8 Å². The molecule has 0 aliphatic rings. The Hall–Kier alpha value is -0.160. The quantitative estimate of drug-likeness (QED) is 0.554. The summed E-state index contributed by atoms with van der Waals surface area (Å²) in [7, 11) is 3.80. The number of methoxy groups -OCH3 is 1. The van der Waals surface area contributed by atoms with Crippen LogP contribution in [-0.4, -0.2) is 63.1 Å². The number of nitrogens with one attached hydrogen (secondary N) is 1. The fourth-order valence-corrected chi connectivity index (χ4v) is 1.48. The molecular weight excluding hydrogens is 192 g/mol. The average Bonchev–Trinajstić information content (AvgIpc) is 2.23. The minimum Gasteiger partial charge on any atom is -0.396 e. The molecule has 0 aromatic carbocycles. The van der Waals surface area contributed by atoms with Gasteiger partial charge in [0, 0.05) is 32.8 Å². The van der Waals surface area contributed by atoms with Crippen LogP contribution in [0.25, 0.3) is 0 Å². The van der Waals surface area contributed by atoms with Gasteiger partial charge in [0.2, 0.25) is 0 Å². The summed E-state index contributed by atoms with van der Waals surface area (Å²) in [6, 6.07) is 0.386. The molecule has 0 aliphatic heterocycles. The second-order valence-electron chi connectivity index (χ2n) is 3.92. The number of ether oxygens (including phenoxy) is 1. The molecule has 92 valence electrons. The minimum atomic E-state index is 0.250. The topological polar surface area (TPSA) is 44.7 Å². The largest absolute Gasteiger partial charge is 0.396 e. The van der Waals surface area contributed by atoms with Crippen molar-refractivity contribution in [3.8, 4) is 0 Å². The Balaban J connectivity index is 3.70. The maximum absolute atomic E-state index is 8.94. The molecule has 1 atom stereocenters. The maximum atomic E-state index is 8.94. The van der Waals surface area contributed by atoms with E-state index in [2.05, 4.69) is 24.2 Å². The van der Waals surface area contributed by atoms with Crippen molar-refractivity contribution >= 4 is 0 Å². The number of nitrogens with zero attached hydrogens (tertiary/aromatic N) is 1. The molecule has 0 bridgehead atoms. The Bertz CT molecular complexity index is 134. The van der Waals surface area contributed by atoms with Gasteiger partial charge in [-0.3, -0.25) is 0 Å². The lowest BCUT2D eigenvalue weighted by molar-refractivity contribution is 0.151. The molecule has 0 radical (unpaired) electrons. The summed E-state index contributed by atoms with van der Waals surface area (Å²) in [5.74, 6) is 0. The lowest BCUT2D eigenvalue weighted by Gasteiger charge is -2.24. The van der Waals surface area contributed by atoms with Crippen molar-refractivity contribution in [3.05, 3.63) is 0 Å². The van der Waals surface area contributed by atoms with Crippen LogP contribution in [0.5, 0.6) is 0 Å². The van der Waals surface area contributed by atoms with Gasteiger partial charge in [0.1, 0.15) is 0 Å². The van der Waals surface area contributed by atoms with Crippen molar-refractivity contribution < 1.29 is 9.84 Å².